The van der Waals surface area contributed by atoms with Gasteiger partial charge in [0.15, 0.2) is 0 Å². The molecular weight excluding hydrogens is 348 g/mol. The fourth-order valence-corrected chi connectivity index (χ4v) is 3.01. The van der Waals surface area contributed by atoms with Crippen molar-refractivity contribution in [2.24, 2.45) is 5.73 Å². The van der Waals surface area contributed by atoms with Gasteiger partial charge >= 0.3 is 5.97 Å². The van der Waals surface area contributed by atoms with Gasteiger partial charge in [-0.05, 0) is 36.8 Å². The summed E-state index contributed by atoms with van der Waals surface area (Å²) in [6, 6.07) is 12.1. The molecule has 0 fully saturated rings. The maximum Gasteiger partial charge on any atom is 0.379 e. The Balaban J connectivity index is 1.66. The quantitative estimate of drug-likeness (QED) is 0.541. The molecule has 3 N–H and O–H groups in total. The number of nitrogens with one attached hydrogen (secondary N) is 1. The van der Waals surface area contributed by atoms with Crippen LogP contribution >= 0.6 is 0 Å². The minimum Gasteiger partial charge on any atom is -0.457 e. The number of nitrogens with zero attached hydrogens (tertiary/aromatic N) is 2. The van der Waals surface area contributed by atoms with Crippen molar-refractivity contribution in [3.8, 4) is 17.7 Å². The van der Waals surface area contributed by atoms with E-state index >= 15 is 0 Å². The summed E-state index contributed by atoms with van der Waals surface area (Å²) in [7, 11) is 0. The zero-order valence-electron chi connectivity index (χ0n) is 14.2. The van der Waals surface area contributed by atoms with Crippen LogP contribution in [0.1, 0.15) is 33.3 Å². The number of ether oxygens (including phenoxy) is 2. The number of nitriles is 1. The lowest BCUT2D eigenvalue weighted by Gasteiger charge is -2.23. The molecular formula is C19H14N4O4. The monoisotopic (exact) mass is 362 g/mol. The van der Waals surface area contributed by atoms with Gasteiger partial charge in [0, 0.05) is 11.3 Å². The number of aromatic amines is 1. The summed E-state index contributed by atoms with van der Waals surface area (Å²) in [5.74, 6) is -0.172. The lowest BCUT2D eigenvalue weighted by Crippen LogP contribution is -2.21. The van der Waals surface area contributed by atoms with E-state index in [0.29, 0.717) is 17.2 Å². The molecule has 2 aromatic heterocycles. The number of fused-ring (bicyclic) bond motifs is 1. The van der Waals surface area contributed by atoms with E-state index in [1.54, 1.807) is 30.3 Å². The first-order chi connectivity index (χ1) is 13.1. The van der Waals surface area contributed by atoms with Crippen LogP contribution in [0, 0.1) is 18.3 Å². The van der Waals surface area contributed by atoms with Crippen LogP contribution in [0.25, 0.3) is 0 Å². The molecule has 27 heavy (non-hydrogen) atoms. The summed E-state index contributed by atoms with van der Waals surface area (Å²) < 4.78 is 15.7. The van der Waals surface area contributed by atoms with E-state index < -0.39 is 11.9 Å². The zero-order chi connectivity index (χ0) is 19.0. The highest BCUT2D eigenvalue weighted by atomic mass is 16.5. The second-order valence-electron chi connectivity index (χ2n) is 5.93. The highest BCUT2D eigenvalue weighted by molar-refractivity contribution is 5.88. The van der Waals surface area contributed by atoms with Crippen molar-refractivity contribution in [3.63, 3.8) is 0 Å². The molecule has 0 saturated carbocycles. The molecule has 1 atom stereocenters. The molecule has 3 heterocycles. The molecule has 0 unspecified atom stereocenters. The first-order valence-corrected chi connectivity index (χ1v) is 8.06. The summed E-state index contributed by atoms with van der Waals surface area (Å²) in [5, 5.41) is 16.5. The largest absolute Gasteiger partial charge is 0.457 e. The number of nitrogens with two attached hydrogens (primary N) is 1. The van der Waals surface area contributed by atoms with E-state index in [2.05, 4.69) is 16.3 Å². The van der Waals surface area contributed by atoms with Crippen molar-refractivity contribution in [2.45, 2.75) is 12.8 Å². The molecule has 0 radical (unpaired) electrons. The molecule has 8 nitrogen and oxygen atoms in total. The number of benzene rings is 1. The third-order valence-electron chi connectivity index (χ3n) is 4.28. The molecule has 0 spiro atoms. The molecule has 0 saturated heterocycles. The molecule has 0 amide bonds. The average Bonchev–Trinajstić information content (AvgIpc) is 3.32. The van der Waals surface area contributed by atoms with Gasteiger partial charge in [0.1, 0.15) is 17.4 Å². The smallest absolute Gasteiger partial charge is 0.379 e. The van der Waals surface area contributed by atoms with Crippen LogP contribution in [0.4, 0.5) is 0 Å². The normalized spacial score (nSPS) is 15.6. The number of H-pyrrole nitrogens is 1. The predicted molar refractivity (Wildman–Crippen MR) is 92.7 cm³/mol. The van der Waals surface area contributed by atoms with Gasteiger partial charge in [-0.2, -0.15) is 5.26 Å². The van der Waals surface area contributed by atoms with Crippen molar-refractivity contribution < 1.29 is 18.7 Å². The summed E-state index contributed by atoms with van der Waals surface area (Å²) in [4.78, 5) is 12.0. The summed E-state index contributed by atoms with van der Waals surface area (Å²) in [6.07, 6.45) is 1.40. The average molecular weight is 362 g/mol. The Hall–Kier alpha value is -3.99. The van der Waals surface area contributed by atoms with Crippen molar-refractivity contribution in [1.29, 1.82) is 5.26 Å². The Morgan fingerprint density at radius 3 is 2.78 bits per heavy atom. The van der Waals surface area contributed by atoms with E-state index in [-0.39, 0.29) is 11.6 Å². The lowest BCUT2D eigenvalue weighted by atomic mass is 9.84. The molecule has 0 bridgehead atoms. The number of carbonyl (C=O) groups excluding carboxylic acids is 1. The maximum atomic E-state index is 12.0. The summed E-state index contributed by atoms with van der Waals surface area (Å²) in [5.41, 5.74) is 8.52. The Morgan fingerprint density at radius 2 is 2.11 bits per heavy atom. The summed E-state index contributed by atoms with van der Waals surface area (Å²) in [6.45, 7) is 1.85. The van der Waals surface area contributed by atoms with Gasteiger partial charge in [-0.3, -0.25) is 5.10 Å². The number of aromatic nitrogens is 2. The fourth-order valence-electron chi connectivity index (χ4n) is 3.01. The first-order valence-electron chi connectivity index (χ1n) is 8.06. The second kappa shape index (κ2) is 6.38. The number of hydrogen-bond donors (Lipinski definition) is 2. The minimum atomic E-state index is -0.589. The van der Waals surface area contributed by atoms with Crippen LogP contribution in [0.5, 0.6) is 11.6 Å². The van der Waals surface area contributed by atoms with E-state index in [0.717, 1.165) is 16.8 Å². The van der Waals surface area contributed by atoms with Crippen LogP contribution in [0.15, 0.2) is 58.5 Å². The molecule has 8 heteroatoms. The Kier molecular flexibility index (Phi) is 3.90. The van der Waals surface area contributed by atoms with E-state index in [4.69, 9.17) is 19.6 Å². The Labute approximate surface area is 153 Å². The van der Waals surface area contributed by atoms with E-state index in [1.165, 1.54) is 12.3 Å². The van der Waals surface area contributed by atoms with Gasteiger partial charge < -0.3 is 19.6 Å². The molecule has 4 rings (SSSR count). The fraction of sp³-hybridized carbons (Fsp3) is 0.105. The Bertz CT molecular complexity index is 1070. The van der Waals surface area contributed by atoms with Gasteiger partial charge in [-0.25, -0.2) is 4.79 Å². The van der Waals surface area contributed by atoms with Crippen molar-refractivity contribution in [1.82, 2.24) is 10.2 Å². The van der Waals surface area contributed by atoms with Gasteiger partial charge in [0.05, 0.1) is 12.2 Å². The zero-order valence-corrected chi connectivity index (χ0v) is 14.2. The topological polar surface area (TPSA) is 127 Å². The summed E-state index contributed by atoms with van der Waals surface area (Å²) >= 11 is 0. The molecule has 1 aliphatic rings. The number of aryl methyl sites for hydroxylation is 1. The van der Waals surface area contributed by atoms with Crippen molar-refractivity contribution in [3.05, 3.63) is 76.7 Å². The molecule has 1 aromatic carbocycles. The number of hydrogen-bond acceptors (Lipinski definition) is 7. The number of furan rings is 1. The van der Waals surface area contributed by atoms with Crippen LogP contribution < -0.4 is 15.2 Å². The number of allylic oxidation sites excluding steroid dienone is 1. The van der Waals surface area contributed by atoms with Crippen LogP contribution in [-0.4, -0.2) is 16.2 Å². The highest BCUT2D eigenvalue weighted by Gasteiger charge is 2.34. The number of esters is 1. The second-order valence-corrected chi connectivity index (χ2v) is 5.93. The first kappa shape index (κ1) is 16.5. The molecule has 3 aromatic rings. The van der Waals surface area contributed by atoms with Gasteiger partial charge in [-0.15, -0.1) is 5.10 Å². The third kappa shape index (κ3) is 2.81. The van der Waals surface area contributed by atoms with Crippen LogP contribution in [-0.2, 0) is 0 Å². The van der Waals surface area contributed by atoms with Crippen LogP contribution in [0.2, 0.25) is 0 Å². The van der Waals surface area contributed by atoms with Crippen LogP contribution in [0.3, 0.4) is 0 Å². The number of carbonyl (C=O) groups is 1. The standard InChI is InChI=1S/C19H14N4O4/c1-10-15-16(13(9-20)17(21)27-18(15)23-22-10)11-4-6-12(7-5-11)26-19(24)14-3-2-8-25-14/h2-8,16H,21H2,1H3,(H,22,23)/t16-/m1/s1. The maximum absolute atomic E-state index is 12.0. The molecule has 134 valence electrons. The Morgan fingerprint density at radius 1 is 1.33 bits per heavy atom. The van der Waals surface area contributed by atoms with Gasteiger partial charge in [-0.1, -0.05) is 12.1 Å². The third-order valence-corrected chi connectivity index (χ3v) is 4.28. The van der Waals surface area contributed by atoms with Gasteiger partial charge in [0.2, 0.25) is 17.5 Å². The molecule has 0 aliphatic carbocycles. The van der Waals surface area contributed by atoms with E-state index in [9.17, 15) is 10.1 Å². The van der Waals surface area contributed by atoms with Gasteiger partial charge in [0.25, 0.3) is 0 Å². The SMILES string of the molecule is Cc1[nH]nc2c1[C@H](c1ccc(OC(=O)c3ccco3)cc1)C(C#N)=C(N)O2. The number of rotatable bonds is 3. The minimum absolute atomic E-state index is 0.0230. The van der Waals surface area contributed by atoms with E-state index in [1.807, 2.05) is 6.92 Å². The van der Waals surface area contributed by atoms with Crippen molar-refractivity contribution >= 4 is 5.97 Å². The van der Waals surface area contributed by atoms with Crippen molar-refractivity contribution in [2.75, 3.05) is 0 Å². The lowest BCUT2D eigenvalue weighted by molar-refractivity contribution is 0.0701. The molecule has 1 aliphatic heterocycles. The predicted octanol–water partition coefficient (Wildman–Crippen LogP) is 2.75. The highest BCUT2D eigenvalue weighted by Crippen LogP contribution is 2.42.